The Morgan fingerprint density at radius 2 is 1.60 bits per heavy atom. The van der Waals surface area contributed by atoms with E-state index in [0.717, 1.165) is 6.42 Å². The average molecular weight is 336 g/mol. The highest BCUT2D eigenvalue weighted by molar-refractivity contribution is 6.07. The van der Waals surface area contributed by atoms with Gasteiger partial charge in [-0.15, -0.1) is 0 Å². The fraction of sp³-hybridized carbons (Fsp3) is 0.450. The van der Waals surface area contributed by atoms with Gasteiger partial charge in [-0.3, -0.25) is 24.2 Å². The number of hydrogen-bond donors (Lipinski definition) is 0. The van der Waals surface area contributed by atoms with Gasteiger partial charge in [-0.1, -0.05) is 30.4 Å². The lowest BCUT2D eigenvalue weighted by atomic mass is 9.63. The van der Waals surface area contributed by atoms with Gasteiger partial charge in [0.2, 0.25) is 17.7 Å². The van der Waals surface area contributed by atoms with E-state index in [9.17, 15) is 14.4 Å². The first-order valence-electron chi connectivity index (χ1n) is 8.94. The molecule has 25 heavy (non-hydrogen) atoms. The zero-order valence-corrected chi connectivity index (χ0v) is 14.0. The number of allylic oxidation sites excluding steroid dienone is 2. The van der Waals surface area contributed by atoms with Crippen LogP contribution in [-0.2, 0) is 14.4 Å². The molecule has 0 aromatic heterocycles. The van der Waals surface area contributed by atoms with Crippen LogP contribution >= 0.6 is 0 Å². The van der Waals surface area contributed by atoms with E-state index in [2.05, 4.69) is 12.2 Å². The summed E-state index contributed by atoms with van der Waals surface area (Å²) in [4.78, 5) is 41.0. The molecule has 1 aromatic carbocycles. The van der Waals surface area contributed by atoms with Crippen LogP contribution in [-0.4, -0.2) is 29.3 Å². The van der Waals surface area contributed by atoms with Crippen molar-refractivity contribution < 1.29 is 14.4 Å². The van der Waals surface area contributed by atoms with Crippen LogP contribution in [0.25, 0.3) is 0 Å². The molecule has 3 amide bonds. The molecule has 1 aromatic rings. The van der Waals surface area contributed by atoms with Crippen LogP contribution in [0, 0.1) is 35.5 Å². The molecule has 0 spiro atoms. The number of hydrogen-bond acceptors (Lipinski definition) is 3. The molecular weight excluding hydrogens is 316 g/mol. The van der Waals surface area contributed by atoms with Crippen molar-refractivity contribution in [2.75, 3.05) is 11.6 Å². The van der Waals surface area contributed by atoms with Crippen LogP contribution in [0.3, 0.4) is 0 Å². The Morgan fingerprint density at radius 3 is 2.12 bits per heavy atom. The molecule has 0 unspecified atom stereocenters. The summed E-state index contributed by atoms with van der Waals surface area (Å²) in [6, 6.07) is 9.20. The van der Waals surface area contributed by atoms with Gasteiger partial charge in [-0.25, -0.2) is 0 Å². The molecule has 2 bridgehead atoms. The third kappa shape index (κ3) is 1.98. The van der Waals surface area contributed by atoms with Crippen molar-refractivity contribution in [3.05, 3.63) is 42.5 Å². The number of anilines is 1. The normalized spacial score (nSPS) is 37.1. The molecule has 6 atom stereocenters. The van der Waals surface area contributed by atoms with Gasteiger partial charge in [0, 0.05) is 12.6 Å². The fourth-order valence-corrected chi connectivity index (χ4v) is 5.27. The second-order valence-electron chi connectivity index (χ2n) is 7.68. The lowest BCUT2D eigenvalue weighted by Gasteiger charge is -2.37. The number of para-hydroxylation sites is 1. The highest BCUT2D eigenvalue weighted by Crippen LogP contribution is 2.65. The zero-order valence-electron chi connectivity index (χ0n) is 14.0. The summed E-state index contributed by atoms with van der Waals surface area (Å²) in [5, 5.41) is 0. The van der Waals surface area contributed by atoms with Gasteiger partial charge in [-0.05, 0) is 42.2 Å². The Bertz CT molecular complexity index is 766. The minimum absolute atomic E-state index is 0.0127. The van der Waals surface area contributed by atoms with E-state index in [-0.39, 0.29) is 48.1 Å². The summed E-state index contributed by atoms with van der Waals surface area (Å²) in [6.07, 6.45) is 5.47. The molecule has 5 heteroatoms. The molecule has 3 fully saturated rings. The van der Waals surface area contributed by atoms with Gasteiger partial charge in [0.25, 0.3) is 0 Å². The quantitative estimate of drug-likeness (QED) is 0.627. The number of carbonyl (C=O) groups excluding carboxylic acids is 3. The molecule has 0 N–H and O–H groups in total. The number of rotatable bonds is 3. The average Bonchev–Trinajstić information content (AvgIpc) is 3.40. The molecule has 1 heterocycles. The van der Waals surface area contributed by atoms with Crippen LogP contribution in [0.5, 0.6) is 0 Å². The molecule has 5 aliphatic rings. The second kappa shape index (κ2) is 5.04. The van der Waals surface area contributed by atoms with Gasteiger partial charge in [0.05, 0.1) is 11.8 Å². The molecular formula is C20H20N2O3. The SMILES string of the molecule is CC(=O)N(CN1C(=O)[C@@H]2[C@@H]3C=C[C@H]([C@@H]4C[C@H]34)[C@@H]2C1=O)c1ccccc1. The van der Waals surface area contributed by atoms with E-state index in [1.165, 1.54) is 16.7 Å². The summed E-state index contributed by atoms with van der Waals surface area (Å²) >= 11 is 0. The lowest BCUT2D eigenvalue weighted by Crippen LogP contribution is -2.44. The molecule has 1 aliphatic heterocycles. The van der Waals surface area contributed by atoms with Crippen molar-refractivity contribution in [1.29, 1.82) is 0 Å². The Hall–Kier alpha value is -2.43. The maximum absolute atomic E-state index is 13.0. The number of carbonyl (C=O) groups is 3. The molecule has 128 valence electrons. The number of likely N-dealkylation sites (tertiary alicyclic amines) is 1. The monoisotopic (exact) mass is 336 g/mol. The van der Waals surface area contributed by atoms with Crippen molar-refractivity contribution in [3.63, 3.8) is 0 Å². The van der Waals surface area contributed by atoms with Gasteiger partial charge < -0.3 is 0 Å². The Kier molecular flexibility index (Phi) is 3.00. The maximum Gasteiger partial charge on any atom is 0.235 e. The summed E-state index contributed by atoms with van der Waals surface area (Å²) in [6.45, 7) is 1.48. The van der Waals surface area contributed by atoms with Gasteiger partial charge >= 0.3 is 0 Å². The predicted octanol–water partition coefficient (Wildman–Crippen LogP) is 2.05. The summed E-state index contributed by atoms with van der Waals surface area (Å²) in [5.41, 5.74) is 0.703. The van der Waals surface area contributed by atoms with E-state index >= 15 is 0 Å². The van der Waals surface area contributed by atoms with E-state index in [1.807, 2.05) is 30.3 Å². The van der Waals surface area contributed by atoms with E-state index in [4.69, 9.17) is 0 Å². The van der Waals surface area contributed by atoms with Crippen molar-refractivity contribution >= 4 is 23.4 Å². The second-order valence-corrected chi connectivity index (χ2v) is 7.68. The molecule has 6 rings (SSSR count). The summed E-state index contributed by atoms with van der Waals surface area (Å²) in [7, 11) is 0. The smallest absolute Gasteiger partial charge is 0.235 e. The standard InChI is InChI=1S/C20H20N2O3/c1-11(23)21(12-5-3-2-4-6-12)10-22-19(24)17-13-7-8-14(16-9-15(13)16)18(17)20(22)25/h2-8,13-18H,9-10H2,1H3/t13-,14-,15-,16+,17-,18+/m1/s1. The van der Waals surface area contributed by atoms with Crippen LogP contribution < -0.4 is 4.90 Å². The van der Waals surface area contributed by atoms with Gasteiger partial charge in [0.15, 0.2) is 0 Å². The first-order valence-corrected chi connectivity index (χ1v) is 8.94. The van der Waals surface area contributed by atoms with Gasteiger partial charge in [-0.2, -0.15) is 0 Å². The van der Waals surface area contributed by atoms with Crippen molar-refractivity contribution in [1.82, 2.24) is 4.90 Å². The summed E-state index contributed by atoms with van der Waals surface area (Å²) < 4.78 is 0. The molecule has 1 saturated heterocycles. The van der Waals surface area contributed by atoms with Crippen molar-refractivity contribution in [3.8, 4) is 0 Å². The molecule has 0 radical (unpaired) electrons. The number of amides is 3. The number of benzene rings is 1. The van der Waals surface area contributed by atoms with E-state index < -0.39 is 0 Å². The Balaban J connectivity index is 1.45. The fourth-order valence-electron chi connectivity index (χ4n) is 5.27. The largest absolute Gasteiger partial charge is 0.294 e. The number of nitrogens with zero attached hydrogens (tertiary/aromatic N) is 2. The Labute approximate surface area is 146 Å². The lowest BCUT2D eigenvalue weighted by molar-refractivity contribution is -0.140. The van der Waals surface area contributed by atoms with Crippen molar-refractivity contribution in [2.24, 2.45) is 35.5 Å². The van der Waals surface area contributed by atoms with Crippen LogP contribution in [0.1, 0.15) is 13.3 Å². The number of imide groups is 1. The minimum atomic E-state index is -0.212. The molecule has 2 saturated carbocycles. The Morgan fingerprint density at radius 1 is 1.04 bits per heavy atom. The van der Waals surface area contributed by atoms with Crippen molar-refractivity contribution in [2.45, 2.75) is 13.3 Å². The summed E-state index contributed by atoms with van der Waals surface area (Å²) in [5.74, 6) is 0.811. The van der Waals surface area contributed by atoms with Gasteiger partial charge in [0.1, 0.15) is 6.67 Å². The third-order valence-corrected chi connectivity index (χ3v) is 6.48. The van der Waals surface area contributed by atoms with E-state index in [1.54, 1.807) is 0 Å². The van der Waals surface area contributed by atoms with Crippen LogP contribution in [0.15, 0.2) is 42.5 Å². The highest BCUT2D eigenvalue weighted by atomic mass is 16.2. The zero-order chi connectivity index (χ0) is 17.3. The highest BCUT2D eigenvalue weighted by Gasteiger charge is 2.67. The topological polar surface area (TPSA) is 57.7 Å². The van der Waals surface area contributed by atoms with Crippen LogP contribution in [0.2, 0.25) is 0 Å². The predicted molar refractivity (Wildman–Crippen MR) is 91.0 cm³/mol. The minimum Gasteiger partial charge on any atom is -0.294 e. The molecule has 4 aliphatic carbocycles. The third-order valence-electron chi connectivity index (χ3n) is 6.48. The first-order chi connectivity index (χ1) is 12.1. The molecule has 5 nitrogen and oxygen atoms in total. The maximum atomic E-state index is 13.0. The van der Waals surface area contributed by atoms with E-state index in [0.29, 0.717) is 17.5 Å². The first kappa shape index (κ1) is 14.9. The van der Waals surface area contributed by atoms with Crippen LogP contribution in [0.4, 0.5) is 5.69 Å².